The molecule has 1 heterocycles. The van der Waals surface area contributed by atoms with Crippen LogP contribution < -0.4 is 10.3 Å². The van der Waals surface area contributed by atoms with E-state index in [9.17, 15) is 9.59 Å². The highest BCUT2D eigenvalue weighted by molar-refractivity contribution is 5.88. The molecule has 2 rings (SSSR count). The Labute approximate surface area is 108 Å². The molecule has 0 atom stereocenters. The van der Waals surface area contributed by atoms with Crippen LogP contribution in [0.1, 0.15) is 21.7 Å². The molecular weight excluding hydrogens is 248 g/mol. The van der Waals surface area contributed by atoms with Gasteiger partial charge in [-0.3, -0.25) is 4.79 Å². The van der Waals surface area contributed by atoms with Gasteiger partial charge in [0.2, 0.25) is 5.88 Å². The number of ether oxygens (including phenoxy) is 1. The van der Waals surface area contributed by atoms with Crippen molar-refractivity contribution in [1.82, 2.24) is 9.97 Å². The van der Waals surface area contributed by atoms with Gasteiger partial charge in [0.05, 0.1) is 11.6 Å². The first-order valence-electron chi connectivity index (χ1n) is 5.55. The monoisotopic (exact) mass is 260 g/mol. The van der Waals surface area contributed by atoms with E-state index in [0.29, 0.717) is 11.6 Å². The molecule has 0 aliphatic rings. The number of aromatic carboxylic acids is 1. The molecule has 0 bridgehead atoms. The summed E-state index contributed by atoms with van der Waals surface area (Å²) in [5, 5.41) is 8.93. The first kappa shape index (κ1) is 12.8. The van der Waals surface area contributed by atoms with Crippen molar-refractivity contribution in [2.75, 3.05) is 0 Å². The minimum absolute atomic E-state index is 0.113. The van der Waals surface area contributed by atoms with Crippen LogP contribution >= 0.6 is 0 Å². The number of carboxylic acid groups (broad SMARTS) is 1. The molecular formula is C13H12N2O4. The summed E-state index contributed by atoms with van der Waals surface area (Å²) < 4.78 is 5.47. The van der Waals surface area contributed by atoms with Gasteiger partial charge < -0.3 is 14.8 Å². The van der Waals surface area contributed by atoms with Gasteiger partial charge in [-0.15, -0.1) is 0 Å². The third-order valence-electron chi connectivity index (χ3n) is 2.49. The number of rotatable bonds is 3. The van der Waals surface area contributed by atoms with Crippen molar-refractivity contribution >= 4 is 5.97 Å². The molecule has 0 radical (unpaired) electrons. The molecule has 2 aromatic rings. The van der Waals surface area contributed by atoms with Gasteiger partial charge in [-0.25, -0.2) is 9.78 Å². The van der Waals surface area contributed by atoms with Crippen LogP contribution in [0.15, 0.2) is 29.1 Å². The normalized spacial score (nSPS) is 10.2. The Morgan fingerprint density at radius 2 is 2.05 bits per heavy atom. The van der Waals surface area contributed by atoms with Crippen molar-refractivity contribution in [3.63, 3.8) is 0 Å². The van der Waals surface area contributed by atoms with Crippen LogP contribution in [0.5, 0.6) is 11.6 Å². The quantitative estimate of drug-likeness (QED) is 0.878. The van der Waals surface area contributed by atoms with Gasteiger partial charge in [0.25, 0.3) is 5.56 Å². The lowest BCUT2D eigenvalue weighted by Crippen LogP contribution is -2.08. The van der Waals surface area contributed by atoms with Gasteiger partial charge in [-0.2, -0.15) is 0 Å². The lowest BCUT2D eigenvalue weighted by Gasteiger charge is -2.08. The van der Waals surface area contributed by atoms with E-state index >= 15 is 0 Å². The molecule has 0 unspecified atom stereocenters. The van der Waals surface area contributed by atoms with E-state index in [0.717, 1.165) is 5.56 Å². The number of hydrogen-bond acceptors (Lipinski definition) is 4. The topological polar surface area (TPSA) is 92.3 Å². The molecule has 0 saturated carbocycles. The summed E-state index contributed by atoms with van der Waals surface area (Å²) in [6.07, 6.45) is 0. The van der Waals surface area contributed by atoms with Gasteiger partial charge in [0.15, 0.2) is 0 Å². The summed E-state index contributed by atoms with van der Waals surface area (Å²) >= 11 is 0. The number of nitrogens with one attached hydrogen (secondary N) is 1. The van der Waals surface area contributed by atoms with Crippen LogP contribution in [-0.2, 0) is 0 Å². The molecule has 2 N–H and O–H groups in total. The molecule has 98 valence electrons. The summed E-state index contributed by atoms with van der Waals surface area (Å²) in [4.78, 5) is 28.7. The van der Waals surface area contributed by atoms with E-state index in [1.54, 1.807) is 19.9 Å². The van der Waals surface area contributed by atoms with Crippen molar-refractivity contribution in [3.05, 3.63) is 51.6 Å². The SMILES string of the molecule is Cc1nc(Oc2cc(C(=O)O)ccc2C)cc(=O)[nH]1. The zero-order chi connectivity index (χ0) is 14.0. The Kier molecular flexibility index (Phi) is 3.33. The largest absolute Gasteiger partial charge is 0.478 e. The Morgan fingerprint density at radius 1 is 1.32 bits per heavy atom. The molecule has 0 saturated heterocycles. The Bertz CT molecular complexity index is 691. The number of aromatic amines is 1. The van der Waals surface area contributed by atoms with Crippen molar-refractivity contribution in [1.29, 1.82) is 0 Å². The van der Waals surface area contributed by atoms with Gasteiger partial charge >= 0.3 is 5.97 Å². The molecule has 1 aromatic carbocycles. The second-order valence-electron chi connectivity index (χ2n) is 4.06. The van der Waals surface area contributed by atoms with Crippen LogP contribution in [0.25, 0.3) is 0 Å². The molecule has 0 aliphatic heterocycles. The molecule has 0 spiro atoms. The lowest BCUT2D eigenvalue weighted by molar-refractivity contribution is 0.0696. The zero-order valence-corrected chi connectivity index (χ0v) is 10.4. The van der Waals surface area contributed by atoms with Crippen LogP contribution in [0, 0.1) is 13.8 Å². The summed E-state index contributed by atoms with van der Waals surface area (Å²) in [5.41, 5.74) is 0.543. The van der Waals surface area contributed by atoms with E-state index in [1.807, 2.05) is 0 Å². The minimum Gasteiger partial charge on any atom is -0.478 e. The Morgan fingerprint density at radius 3 is 2.68 bits per heavy atom. The first-order chi connectivity index (χ1) is 8.95. The number of hydrogen-bond donors (Lipinski definition) is 2. The van der Waals surface area contributed by atoms with Crippen molar-refractivity contribution in [2.45, 2.75) is 13.8 Å². The third kappa shape index (κ3) is 2.98. The van der Waals surface area contributed by atoms with Crippen molar-refractivity contribution in [2.24, 2.45) is 0 Å². The van der Waals surface area contributed by atoms with Gasteiger partial charge in [0, 0.05) is 0 Å². The predicted octanol–water partition coefficient (Wildman–Crippen LogP) is 1.88. The van der Waals surface area contributed by atoms with E-state index < -0.39 is 5.97 Å². The molecule has 6 heteroatoms. The van der Waals surface area contributed by atoms with Crippen LogP contribution in [0.3, 0.4) is 0 Å². The molecule has 0 amide bonds. The van der Waals surface area contributed by atoms with Gasteiger partial charge in [0.1, 0.15) is 11.6 Å². The average molecular weight is 260 g/mol. The maximum Gasteiger partial charge on any atom is 0.335 e. The summed E-state index contributed by atoms with van der Waals surface area (Å²) in [6, 6.07) is 5.73. The molecule has 19 heavy (non-hydrogen) atoms. The number of carbonyl (C=O) groups is 1. The van der Waals surface area contributed by atoms with E-state index in [2.05, 4.69) is 9.97 Å². The summed E-state index contributed by atoms with van der Waals surface area (Å²) in [6.45, 7) is 3.41. The smallest absolute Gasteiger partial charge is 0.335 e. The Balaban J connectivity index is 2.39. The predicted molar refractivity (Wildman–Crippen MR) is 67.8 cm³/mol. The van der Waals surface area contributed by atoms with Gasteiger partial charge in [-0.05, 0) is 31.5 Å². The van der Waals surface area contributed by atoms with Crippen LogP contribution in [0.2, 0.25) is 0 Å². The maximum absolute atomic E-state index is 11.3. The minimum atomic E-state index is -1.04. The molecule has 6 nitrogen and oxygen atoms in total. The Hall–Kier alpha value is -2.63. The number of aromatic nitrogens is 2. The number of H-pyrrole nitrogens is 1. The number of nitrogens with zero attached hydrogens (tertiary/aromatic N) is 1. The van der Waals surface area contributed by atoms with E-state index in [4.69, 9.17) is 9.84 Å². The lowest BCUT2D eigenvalue weighted by atomic mass is 10.1. The summed E-state index contributed by atoms with van der Waals surface area (Å²) in [7, 11) is 0. The molecule has 1 aromatic heterocycles. The second-order valence-corrected chi connectivity index (χ2v) is 4.06. The fourth-order valence-electron chi connectivity index (χ4n) is 1.56. The average Bonchev–Trinajstić information content (AvgIpc) is 2.30. The second kappa shape index (κ2) is 4.93. The number of carboxylic acids is 1. The van der Waals surface area contributed by atoms with E-state index in [1.165, 1.54) is 18.2 Å². The van der Waals surface area contributed by atoms with Crippen molar-refractivity contribution < 1.29 is 14.6 Å². The highest BCUT2D eigenvalue weighted by Crippen LogP contribution is 2.24. The fraction of sp³-hybridized carbons (Fsp3) is 0.154. The van der Waals surface area contributed by atoms with Gasteiger partial charge in [-0.1, -0.05) is 6.07 Å². The summed E-state index contributed by atoms with van der Waals surface area (Å²) in [5.74, 6) is -0.126. The zero-order valence-electron chi connectivity index (χ0n) is 10.4. The maximum atomic E-state index is 11.3. The van der Waals surface area contributed by atoms with Crippen LogP contribution in [-0.4, -0.2) is 21.0 Å². The molecule has 0 fully saturated rings. The number of aryl methyl sites for hydroxylation is 2. The fourth-order valence-corrected chi connectivity index (χ4v) is 1.56. The highest BCUT2D eigenvalue weighted by atomic mass is 16.5. The standard InChI is InChI=1S/C13H12N2O4/c1-7-3-4-9(13(17)18)5-10(7)19-12-6-11(16)14-8(2)15-12/h3-6H,1-2H3,(H,17,18)(H,14,15,16). The van der Waals surface area contributed by atoms with E-state index in [-0.39, 0.29) is 17.0 Å². The van der Waals surface area contributed by atoms with Crippen molar-refractivity contribution in [3.8, 4) is 11.6 Å². The third-order valence-corrected chi connectivity index (χ3v) is 2.49. The number of benzene rings is 1. The first-order valence-corrected chi connectivity index (χ1v) is 5.55. The van der Waals surface area contributed by atoms with Crippen LogP contribution in [0.4, 0.5) is 0 Å². The molecule has 0 aliphatic carbocycles. The highest BCUT2D eigenvalue weighted by Gasteiger charge is 2.09.